The smallest absolute Gasteiger partial charge is 0.352 e. The van der Waals surface area contributed by atoms with E-state index in [-0.39, 0.29) is 25.1 Å². The molecule has 1 aliphatic carbocycles. The number of rotatable bonds is 4. The first-order valence-corrected chi connectivity index (χ1v) is 14.2. The van der Waals surface area contributed by atoms with Crippen LogP contribution in [0, 0.1) is 5.92 Å². The van der Waals surface area contributed by atoms with E-state index in [1.165, 1.54) is 15.3 Å². The molecule has 5 rings (SSSR count). The van der Waals surface area contributed by atoms with Crippen molar-refractivity contribution in [2.45, 2.75) is 64.7 Å². The van der Waals surface area contributed by atoms with Gasteiger partial charge in [-0.05, 0) is 55.4 Å². The number of hydrogen-bond donors (Lipinski definition) is 0. The zero-order chi connectivity index (χ0) is 29.0. The van der Waals surface area contributed by atoms with Crippen LogP contribution in [0.1, 0.15) is 77.3 Å². The van der Waals surface area contributed by atoms with E-state index in [1.54, 1.807) is 11.3 Å². The number of aromatic nitrogens is 2. The number of thiophene rings is 1. The Bertz CT molecular complexity index is 1390. The van der Waals surface area contributed by atoms with E-state index < -0.39 is 35.0 Å². The molecule has 3 heterocycles. The largest absolute Gasteiger partial charge is 0.416 e. The van der Waals surface area contributed by atoms with E-state index in [2.05, 4.69) is 25.7 Å². The second-order valence-electron chi connectivity index (χ2n) is 10.8. The third kappa shape index (κ3) is 5.51. The summed E-state index contributed by atoms with van der Waals surface area (Å²) in [6.07, 6.45) is -6.16. The number of halogens is 6. The van der Waals surface area contributed by atoms with Crippen molar-refractivity contribution >= 4 is 33.3 Å². The molecule has 2 atom stereocenters. The second-order valence-corrected chi connectivity index (χ2v) is 11.9. The van der Waals surface area contributed by atoms with Crippen molar-refractivity contribution in [2.75, 3.05) is 31.1 Å². The quantitative estimate of drug-likeness (QED) is 0.302. The van der Waals surface area contributed by atoms with Gasteiger partial charge in [-0.2, -0.15) is 26.3 Å². The molecule has 1 aliphatic heterocycles. The normalized spacial score (nSPS) is 19.2. The number of carbonyl (C=O) groups excluding carboxylic acids is 1. The van der Waals surface area contributed by atoms with Crippen molar-refractivity contribution in [1.29, 1.82) is 0 Å². The van der Waals surface area contributed by atoms with E-state index in [9.17, 15) is 31.1 Å². The summed E-state index contributed by atoms with van der Waals surface area (Å²) in [6, 6.07) is 1.02. The Morgan fingerprint density at radius 3 is 2.23 bits per heavy atom. The van der Waals surface area contributed by atoms with Gasteiger partial charge in [-0.15, -0.1) is 11.3 Å². The van der Waals surface area contributed by atoms with Gasteiger partial charge in [0.1, 0.15) is 16.5 Å². The number of benzene rings is 1. The van der Waals surface area contributed by atoms with Gasteiger partial charge in [0.2, 0.25) is 0 Å². The maximum absolute atomic E-state index is 13.3. The van der Waals surface area contributed by atoms with Crippen LogP contribution in [0.25, 0.3) is 10.2 Å². The molecule has 1 amide bonds. The van der Waals surface area contributed by atoms with Gasteiger partial charge in [0.15, 0.2) is 0 Å². The molecule has 0 N–H and O–H groups in total. The maximum Gasteiger partial charge on any atom is 0.416 e. The lowest BCUT2D eigenvalue weighted by Gasteiger charge is -2.36. The summed E-state index contributed by atoms with van der Waals surface area (Å²) in [5.74, 6) is 1.44. The Hall–Kier alpha value is -2.89. The summed E-state index contributed by atoms with van der Waals surface area (Å²) in [4.78, 5) is 28.6. The molecule has 3 aromatic rings. The number of amides is 1. The van der Waals surface area contributed by atoms with Crippen LogP contribution in [-0.4, -0.2) is 47.0 Å². The fourth-order valence-corrected chi connectivity index (χ4v) is 6.74. The van der Waals surface area contributed by atoms with E-state index in [4.69, 9.17) is 9.97 Å². The third-order valence-corrected chi connectivity index (χ3v) is 9.06. The first kappa shape index (κ1) is 28.6. The molecule has 0 radical (unpaired) electrons. The highest BCUT2D eigenvalue weighted by Crippen LogP contribution is 2.42. The Balaban J connectivity index is 1.43. The number of aryl methyl sites for hydroxylation is 1. The molecule has 0 bridgehead atoms. The minimum atomic E-state index is -5.02. The molecule has 0 saturated carbocycles. The van der Waals surface area contributed by atoms with Crippen LogP contribution in [-0.2, 0) is 25.2 Å². The Morgan fingerprint density at radius 1 is 1.02 bits per heavy atom. The van der Waals surface area contributed by atoms with Crippen molar-refractivity contribution in [3.05, 3.63) is 51.2 Å². The van der Waals surface area contributed by atoms with Crippen LogP contribution in [0.2, 0.25) is 0 Å². The fourth-order valence-electron chi connectivity index (χ4n) is 5.35. The summed E-state index contributed by atoms with van der Waals surface area (Å²) < 4.78 is 80.0. The molecule has 1 fully saturated rings. The highest BCUT2D eigenvalue weighted by atomic mass is 32.1. The molecule has 12 heteroatoms. The van der Waals surface area contributed by atoms with Crippen molar-refractivity contribution in [3.63, 3.8) is 0 Å². The number of fused-ring (bicyclic) bond motifs is 3. The summed E-state index contributed by atoms with van der Waals surface area (Å²) >= 11 is 1.71. The molecule has 2 aliphatic rings. The number of carbonyl (C=O) groups is 1. The van der Waals surface area contributed by atoms with Crippen molar-refractivity contribution in [2.24, 2.45) is 5.92 Å². The van der Waals surface area contributed by atoms with E-state index in [0.717, 1.165) is 47.5 Å². The minimum absolute atomic E-state index is 0.0340. The molecule has 1 saturated heterocycles. The number of nitrogens with zero attached hydrogens (tertiary/aromatic N) is 4. The molecular formula is C28H30F6N4OS. The number of hydrogen-bond acceptors (Lipinski definition) is 5. The standard InChI is InChI=1S/C28H30F6N4OS/c1-4-16(3)23-35-24(22-20-6-5-15(2)11-21(20)40-25(22)36-23)37-7-9-38(10-8-37)26(39)17-12-18(27(29,30)31)14-19(13-17)28(32,33)34/h12-16H,4-11H2,1-3H3. The third-order valence-electron chi connectivity index (χ3n) is 7.91. The minimum Gasteiger partial charge on any atom is -0.352 e. The average Bonchev–Trinajstić information content (AvgIpc) is 3.28. The summed E-state index contributed by atoms with van der Waals surface area (Å²) in [6.45, 7) is 7.37. The number of piperazine rings is 1. The van der Waals surface area contributed by atoms with Crippen LogP contribution in [0.4, 0.5) is 32.2 Å². The second kappa shape index (κ2) is 10.5. The molecule has 216 valence electrons. The van der Waals surface area contributed by atoms with Gasteiger partial charge in [-0.3, -0.25) is 4.79 Å². The fraction of sp³-hybridized carbons (Fsp3) is 0.536. The first-order valence-electron chi connectivity index (χ1n) is 13.4. The lowest BCUT2D eigenvalue weighted by molar-refractivity contribution is -0.143. The highest BCUT2D eigenvalue weighted by Gasteiger charge is 2.38. The zero-order valence-corrected chi connectivity index (χ0v) is 23.2. The molecule has 1 aromatic carbocycles. The lowest BCUT2D eigenvalue weighted by atomic mass is 9.89. The Labute approximate surface area is 232 Å². The maximum atomic E-state index is 13.3. The predicted octanol–water partition coefficient (Wildman–Crippen LogP) is 7.33. The van der Waals surface area contributed by atoms with Crippen LogP contribution < -0.4 is 4.90 Å². The summed E-state index contributed by atoms with van der Waals surface area (Å²) in [7, 11) is 0. The molecule has 0 spiro atoms. The number of anilines is 1. The van der Waals surface area contributed by atoms with Gasteiger partial charge in [0.25, 0.3) is 5.91 Å². The Kier molecular flexibility index (Phi) is 7.52. The van der Waals surface area contributed by atoms with Crippen LogP contribution in [0.15, 0.2) is 18.2 Å². The van der Waals surface area contributed by atoms with Crippen molar-refractivity contribution in [3.8, 4) is 0 Å². The monoisotopic (exact) mass is 584 g/mol. The summed E-state index contributed by atoms with van der Waals surface area (Å²) in [5.41, 5.74) is -2.35. The van der Waals surface area contributed by atoms with Gasteiger partial charge in [0, 0.05) is 42.5 Å². The molecule has 5 nitrogen and oxygen atoms in total. The predicted molar refractivity (Wildman–Crippen MR) is 142 cm³/mol. The molecular weight excluding hydrogens is 554 g/mol. The Morgan fingerprint density at radius 2 is 1.65 bits per heavy atom. The van der Waals surface area contributed by atoms with Gasteiger partial charge < -0.3 is 9.80 Å². The molecule has 40 heavy (non-hydrogen) atoms. The van der Waals surface area contributed by atoms with Gasteiger partial charge in [-0.25, -0.2) is 9.97 Å². The van der Waals surface area contributed by atoms with Crippen LogP contribution in [0.3, 0.4) is 0 Å². The van der Waals surface area contributed by atoms with Gasteiger partial charge >= 0.3 is 12.4 Å². The lowest BCUT2D eigenvalue weighted by Crippen LogP contribution is -2.49. The van der Waals surface area contributed by atoms with Gasteiger partial charge in [0.05, 0.1) is 16.5 Å². The van der Waals surface area contributed by atoms with E-state index in [1.807, 2.05) is 0 Å². The molecule has 2 unspecified atom stereocenters. The number of alkyl halides is 6. The average molecular weight is 585 g/mol. The topological polar surface area (TPSA) is 49.3 Å². The van der Waals surface area contributed by atoms with Crippen molar-refractivity contribution < 1.29 is 31.1 Å². The van der Waals surface area contributed by atoms with Crippen LogP contribution in [0.5, 0.6) is 0 Å². The first-order chi connectivity index (χ1) is 18.8. The van der Waals surface area contributed by atoms with Gasteiger partial charge in [-0.1, -0.05) is 20.8 Å². The van der Waals surface area contributed by atoms with E-state index in [0.29, 0.717) is 31.1 Å². The van der Waals surface area contributed by atoms with E-state index >= 15 is 0 Å². The summed E-state index contributed by atoms with van der Waals surface area (Å²) in [5, 5.41) is 1.03. The van der Waals surface area contributed by atoms with Crippen LogP contribution >= 0.6 is 11.3 Å². The van der Waals surface area contributed by atoms with Crippen molar-refractivity contribution in [1.82, 2.24) is 14.9 Å². The molecule has 2 aromatic heterocycles. The highest BCUT2D eigenvalue weighted by molar-refractivity contribution is 7.19. The SMILES string of the molecule is CCC(C)c1nc(N2CCN(C(=O)c3cc(C(F)(F)F)cc(C(F)(F)F)c3)CC2)c2c3c(sc2n1)CC(C)CC3. The zero-order valence-electron chi connectivity index (χ0n) is 22.4.